The summed E-state index contributed by atoms with van der Waals surface area (Å²) < 4.78 is 12.9. The van der Waals surface area contributed by atoms with Crippen molar-refractivity contribution >= 4 is 17.0 Å². The standard InChI is InChI=1S/C11H9FN6/c12-8-3-7(1-2-13-8)4-14-10-9-11(16-5-15-9)18-6-17-10/h1-3,5-6H,4H2,(H2,14,15,16,17,18). The van der Waals surface area contributed by atoms with Gasteiger partial charge in [0.05, 0.1) is 6.33 Å². The molecule has 3 aromatic heterocycles. The number of rotatable bonds is 3. The van der Waals surface area contributed by atoms with Gasteiger partial charge in [-0.2, -0.15) is 4.39 Å². The van der Waals surface area contributed by atoms with E-state index in [1.165, 1.54) is 18.6 Å². The number of imidazole rings is 1. The number of pyridine rings is 1. The van der Waals surface area contributed by atoms with Crippen molar-refractivity contribution in [3.05, 3.63) is 42.5 Å². The highest BCUT2D eigenvalue weighted by molar-refractivity contribution is 5.81. The first-order valence-electron chi connectivity index (χ1n) is 5.31. The zero-order valence-corrected chi connectivity index (χ0v) is 9.26. The third kappa shape index (κ3) is 1.97. The maximum Gasteiger partial charge on any atom is 0.213 e. The van der Waals surface area contributed by atoms with Crippen molar-refractivity contribution in [2.24, 2.45) is 0 Å². The lowest BCUT2D eigenvalue weighted by Crippen LogP contribution is -2.03. The van der Waals surface area contributed by atoms with Gasteiger partial charge in [-0.1, -0.05) is 0 Å². The maximum atomic E-state index is 12.9. The third-order valence-electron chi connectivity index (χ3n) is 2.47. The summed E-state index contributed by atoms with van der Waals surface area (Å²) in [5, 5.41) is 3.10. The van der Waals surface area contributed by atoms with E-state index in [-0.39, 0.29) is 0 Å². The van der Waals surface area contributed by atoms with Crippen molar-refractivity contribution in [1.29, 1.82) is 0 Å². The molecule has 3 rings (SSSR count). The molecule has 0 saturated heterocycles. The second-order valence-electron chi connectivity index (χ2n) is 3.66. The highest BCUT2D eigenvalue weighted by atomic mass is 19.1. The number of aromatic nitrogens is 5. The summed E-state index contributed by atoms with van der Waals surface area (Å²) in [6.45, 7) is 0.449. The second-order valence-corrected chi connectivity index (χ2v) is 3.66. The van der Waals surface area contributed by atoms with Crippen molar-refractivity contribution in [3.63, 3.8) is 0 Å². The quantitative estimate of drug-likeness (QED) is 0.682. The number of fused-ring (bicyclic) bond motifs is 1. The molecule has 0 bridgehead atoms. The van der Waals surface area contributed by atoms with Gasteiger partial charge in [0.2, 0.25) is 5.95 Å². The highest BCUT2D eigenvalue weighted by Gasteiger charge is 2.05. The average Bonchev–Trinajstić information content (AvgIpc) is 2.85. The Hall–Kier alpha value is -2.57. The highest BCUT2D eigenvalue weighted by Crippen LogP contribution is 2.15. The predicted octanol–water partition coefficient (Wildman–Crippen LogP) is 1.50. The van der Waals surface area contributed by atoms with Crippen LogP contribution in [0.4, 0.5) is 10.2 Å². The van der Waals surface area contributed by atoms with Gasteiger partial charge >= 0.3 is 0 Å². The summed E-state index contributed by atoms with van der Waals surface area (Å²) in [6.07, 6.45) is 4.41. The van der Waals surface area contributed by atoms with Crippen LogP contribution in [0.25, 0.3) is 11.2 Å². The van der Waals surface area contributed by atoms with Crippen molar-refractivity contribution in [1.82, 2.24) is 24.9 Å². The van der Waals surface area contributed by atoms with Gasteiger partial charge in [-0.05, 0) is 17.7 Å². The number of H-pyrrole nitrogens is 1. The normalized spacial score (nSPS) is 10.7. The Labute approximate surface area is 101 Å². The van der Waals surface area contributed by atoms with Gasteiger partial charge in [-0.25, -0.2) is 19.9 Å². The van der Waals surface area contributed by atoms with Gasteiger partial charge in [0, 0.05) is 12.7 Å². The van der Waals surface area contributed by atoms with Crippen LogP contribution in [0.15, 0.2) is 31.0 Å². The Bertz CT molecular complexity index is 680. The van der Waals surface area contributed by atoms with Crippen molar-refractivity contribution < 1.29 is 4.39 Å². The van der Waals surface area contributed by atoms with Gasteiger partial charge in [0.15, 0.2) is 11.5 Å². The van der Waals surface area contributed by atoms with E-state index in [4.69, 9.17) is 0 Å². The maximum absolute atomic E-state index is 12.9. The lowest BCUT2D eigenvalue weighted by Gasteiger charge is -2.05. The van der Waals surface area contributed by atoms with Crippen LogP contribution in [0.1, 0.15) is 5.56 Å². The summed E-state index contributed by atoms with van der Waals surface area (Å²) in [7, 11) is 0. The van der Waals surface area contributed by atoms with Crippen molar-refractivity contribution in [2.45, 2.75) is 6.54 Å². The van der Waals surface area contributed by atoms with Crippen LogP contribution in [0.5, 0.6) is 0 Å². The number of aromatic amines is 1. The molecule has 0 atom stereocenters. The molecule has 90 valence electrons. The number of nitrogens with zero attached hydrogens (tertiary/aromatic N) is 4. The van der Waals surface area contributed by atoms with E-state index in [1.807, 2.05) is 0 Å². The fourth-order valence-electron chi connectivity index (χ4n) is 1.64. The van der Waals surface area contributed by atoms with E-state index < -0.39 is 5.95 Å². The largest absolute Gasteiger partial charge is 0.364 e. The minimum Gasteiger partial charge on any atom is -0.364 e. The zero-order valence-electron chi connectivity index (χ0n) is 9.26. The molecule has 0 radical (unpaired) electrons. The molecule has 7 heteroatoms. The number of anilines is 1. The first-order chi connectivity index (χ1) is 8.83. The van der Waals surface area contributed by atoms with Crippen molar-refractivity contribution in [3.8, 4) is 0 Å². The molecule has 0 aliphatic heterocycles. The van der Waals surface area contributed by atoms with E-state index in [2.05, 4.69) is 30.2 Å². The minimum absolute atomic E-state index is 0.449. The molecule has 2 N–H and O–H groups in total. The van der Waals surface area contributed by atoms with E-state index >= 15 is 0 Å². The molecule has 0 aromatic carbocycles. The first-order valence-corrected chi connectivity index (χ1v) is 5.31. The Morgan fingerprint density at radius 1 is 1.22 bits per heavy atom. The third-order valence-corrected chi connectivity index (χ3v) is 2.47. The SMILES string of the molecule is Fc1cc(CNc2ncnc3nc[nH]c23)ccn1. The topological polar surface area (TPSA) is 79.4 Å². The number of halogens is 1. The Kier molecular flexibility index (Phi) is 2.56. The van der Waals surface area contributed by atoms with Crippen LogP contribution >= 0.6 is 0 Å². The average molecular weight is 244 g/mol. The molecular formula is C11H9FN6. The lowest BCUT2D eigenvalue weighted by atomic mass is 10.2. The Morgan fingerprint density at radius 3 is 3.06 bits per heavy atom. The molecule has 3 heterocycles. The lowest BCUT2D eigenvalue weighted by molar-refractivity contribution is 0.581. The Morgan fingerprint density at radius 2 is 2.17 bits per heavy atom. The monoisotopic (exact) mass is 244 g/mol. The van der Waals surface area contributed by atoms with E-state index in [0.717, 1.165) is 11.1 Å². The van der Waals surface area contributed by atoms with Gasteiger partial charge in [0.25, 0.3) is 0 Å². The summed E-state index contributed by atoms with van der Waals surface area (Å²) >= 11 is 0. The van der Waals surface area contributed by atoms with Crippen molar-refractivity contribution in [2.75, 3.05) is 5.32 Å². The molecule has 18 heavy (non-hydrogen) atoms. The molecule has 0 fully saturated rings. The fraction of sp³-hybridized carbons (Fsp3) is 0.0909. The van der Waals surface area contributed by atoms with E-state index in [0.29, 0.717) is 18.0 Å². The summed E-state index contributed by atoms with van der Waals surface area (Å²) in [5.74, 6) is 0.137. The van der Waals surface area contributed by atoms with Gasteiger partial charge in [-0.3, -0.25) is 0 Å². The molecule has 0 spiro atoms. The molecule has 0 aliphatic carbocycles. The molecular weight excluding hydrogens is 235 g/mol. The van der Waals surface area contributed by atoms with E-state index in [1.54, 1.807) is 12.4 Å². The number of nitrogens with one attached hydrogen (secondary N) is 2. The molecule has 6 nitrogen and oxygen atoms in total. The molecule has 0 saturated carbocycles. The minimum atomic E-state index is -0.497. The summed E-state index contributed by atoms with van der Waals surface area (Å²) in [6, 6.07) is 3.11. The number of hydrogen-bond donors (Lipinski definition) is 2. The van der Waals surface area contributed by atoms with Crippen LogP contribution in [-0.4, -0.2) is 24.9 Å². The smallest absolute Gasteiger partial charge is 0.213 e. The van der Waals surface area contributed by atoms with Crippen LogP contribution in [-0.2, 0) is 6.54 Å². The summed E-state index contributed by atoms with van der Waals surface area (Å²) in [5.41, 5.74) is 2.11. The van der Waals surface area contributed by atoms with Gasteiger partial charge in [0.1, 0.15) is 11.8 Å². The van der Waals surface area contributed by atoms with Crippen LogP contribution < -0.4 is 5.32 Å². The van der Waals surface area contributed by atoms with Gasteiger partial charge in [-0.15, -0.1) is 0 Å². The molecule has 0 amide bonds. The van der Waals surface area contributed by atoms with Crippen LogP contribution in [0.2, 0.25) is 0 Å². The Balaban J connectivity index is 1.83. The fourth-order valence-corrected chi connectivity index (χ4v) is 1.64. The zero-order chi connectivity index (χ0) is 12.4. The molecule has 0 aliphatic rings. The van der Waals surface area contributed by atoms with Crippen LogP contribution in [0.3, 0.4) is 0 Å². The predicted molar refractivity (Wildman–Crippen MR) is 63.2 cm³/mol. The first kappa shape index (κ1) is 10.6. The summed E-state index contributed by atoms with van der Waals surface area (Å²) in [4.78, 5) is 18.6. The van der Waals surface area contributed by atoms with E-state index in [9.17, 15) is 4.39 Å². The number of hydrogen-bond acceptors (Lipinski definition) is 5. The second kappa shape index (κ2) is 4.36. The molecule has 0 unspecified atom stereocenters. The molecule has 3 aromatic rings. The van der Waals surface area contributed by atoms with Gasteiger partial charge < -0.3 is 10.3 Å². The van der Waals surface area contributed by atoms with Crippen LogP contribution in [0, 0.1) is 5.95 Å².